The van der Waals surface area contributed by atoms with E-state index >= 15 is 0 Å². The lowest BCUT2D eigenvalue weighted by molar-refractivity contribution is -0.120. The Morgan fingerprint density at radius 3 is 2.12 bits per heavy atom. The van der Waals surface area contributed by atoms with E-state index in [9.17, 15) is 14.4 Å². The third-order valence-corrected chi connectivity index (χ3v) is 8.71. The van der Waals surface area contributed by atoms with Gasteiger partial charge in [0.15, 0.2) is 18.2 Å². The number of hydrogen-bond donors (Lipinski definition) is 1. The molecule has 0 saturated heterocycles. The first-order valence-electron chi connectivity index (χ1n) is 14.9. The van der Waals surface area contributed by atoms with E-state index in [2.05, 4.69) is 44.8 Å². The average molecular weight is 589 g/mol. The number of nitrogens with one attached hydrogen (secondary N) is 1. The first-order chi connectivity index (χ1) is 19.8. The van der Waals surface area contributed by atoms with Crippen LogP contribution in [0.5, 0.6) is 5.75 Å². The van der Waals surface area contributed by atoms with Gasteiger partial charge in [0.25, 0.3) is 5.91 Å². The van der Waals surface area contributed by atoms with E-state index in [0.717, 1.165) is 59.5 Å². The van der Waals surface area contributed by atoms with Crippen molar-refractivity contribution in [3.05, 3.63) is 81.2 Å². The third-order valence-electron chi connectivity index (χ3n) is 8.42. The topological polar surface area (TPSA) is 75.7 Å². The van der Waals surface area contributed by atoms with Crippen molar-refractivity contribution in [1.29, 1.82) is 0 Å². The summed E-state index contributed by atoms with van der Waals surface area (Å²) >= 11 is 6.74. The Kier molecular flexibility index (Phi) is 8.14. The maximum atomic E-state index is 13.9. The van der Waals surface area contributed by atoms with E-state index in [0.29, 0.717) is 29.3 Å². The van der Waals surface area contributed by atoms with Gasteiger partial charge < -0.3 is 15.0 Å². The molecule has 1 N–H and O–H groups in total. The van der Waals surface area contributed by atoms with Crippen LogP contribution >= 0.6 is 11.6 Å². The van der Waals surface area contributed by atoms with Crippen LogP contribution in [0.1, 0.15) is 83.8 Å². The summed E-state index contributed by atoms with van der Waals surface area (Å²) in [4.78, 5) is 42.6. The molecule has 1 heterocycles. The fraction of sp³-hybridized carbons (Fsp3) is 0.457. The summed E-state index contributed by atoms with van der Waals surface area (Å²) in [6, 6.07) is 13.0. The number of ketones is 2. The third kappa shape index (κ3) is 6.05. The van der Waals surface area contributed by atoms with Crippen molar-refractivity contribution in [2.75, 3.05) is 18.5 Å². The molecule has 42 heavy (non-hydrogen) atoms. The van der Waals surface area contributed by atoms with Crippen molar-refractivity contribution in [2.24, 2.45) is 10.8 Å². The molecule has 0 atom stereocenters. The Bertz CT molecular complexity index is 1460. The van der Waals surface area contributed by atoms with E-state index in [1.165, 1.54) is 0 Å². The van der Waals surface area contributed by atoms with Gasteiger partial charge in [-0.3, -0.25) is 14.4 Å². The number of amides is 1. The summed E-state index contributed by atoms with van der Waals surface area (Å²) in [5, 5.41) is 3.17. The zero-order chi connectivity index (χ0) is 30.4. The largest absolute Gasteiger partial charge is 0.482 e. The van der Waals surface area contributed by atoms with Gasteiger partial charge in [-0.05, 0) is 72.4 Å². The first kappa shape index (κ1) is 30.1. The summed E-state index contributed by atoms with van der Waals surface area (Å²) in [6.07, 6.45) is 3.35. The van der Waals surface area contributed by atoms with Crippen LogP contribution in [-0.4, -0.2) is 35.5 Å². The highest BCUT2D eigenvalue weighted by molar-refractivity contribution is 6.32. The summed E-state index contributed by atoms with van der Waals surface area (Å²) in [5.74, 6) is -0.189. The molecule has 0 aromatic heterocycles. The SMILES string of the molecule is CCCN1C2=C(C(=O)CC(C)(C)C2)C(c2ccc(OCC(=O)Nc3cccc(C)c3)c(Cl)c2)C2=C1CC(C)(C)CC2=O. The number of rotatable bonds is 7. The molecule has 2 aromatic carbocycles. The molecular formula is C35H41ClN2O4. The zero-order valence-electron chi connectivity index (χ0n) is 25.5. The Morgan fingerprint density at radius 2 is 1.57 bits per heavy atom. The normalized spacial score (nSPS) is 19.9. The lowest BCUT2D eigenvalue weighted by Gasteiger charge is -2.49. The second-order valence-electron chi connectivity index (χ2n) is 13.6. The van der Waals surface area contributed by atoms with E-state index in [-0.39, 0.29) is 34.9 Å². The van der Waals surface area contributed by atoms with Crippen molar-refractivity contribution < 1.29 is 19.1 Å². The highest BCUT2D eigenvalue weighted by atomic mass is 35.5. The average Bonchev–Trinajstić information content (AvgIpc) is 2.87. The number of ether oxygens (including phenoxy) is 1. The number of carbonyl (C=O) groups excluding carboxylic acids is 3. The van der Waals surface area contributed by atoms with Gasteiger partial charge in [-0.15, -0.1) is 0 Å². The maximum Gasteiger partial charge on any atom is 0.262 e. The van der Waals surface area contributed by atoms with E-state index < -0.39 is 5.92 Å². The number of hydrogen-bond acceptors (Lipinski definition) is 5. The van der Waals surface area contributed by atoms with E-state index in [4.69, 9.17) is 16.3 Å². The quantitative estimate of drug-likeness (QED) is 0.358. The molecule has 5 rings (SSSR count). The molecule has 6 nitrogen and oxygen atoms in total. The van der Waals surface area contributed by atoms with Crippen molar-refractivity contribution >= 4 is 34.8 Å². The Balaban J connectivity index is 1.49. The van der Waals surface area contributed by atoms with Gasteiger partial charge in [0.1, 0.15) is 5.75 Å². The van der Waals surface area contributed by atoms with Crippen LogP contribution in [0, 0.1) is 17.8 Å². The number of Topliss-reactive ketones (excluding diaryl/α,β-unsaturated/α-hetero) is 2. The summed E-state index contributed by atoms with van der Waals surface area (Å²) in [6.45, 7) is 13.2. The Hall–Kier alpha value is -3.38. The molecule has 2 aliphatic carbocycles. The molecule has 1 amide bonds. The minimum Gasteiger partial charge on any atom is -0.482 e. The molecule has 2 aromatic rings. The van der Waals surface area contributed by atoms with Crippen molar-refractivity contribution in [1.82, 2.24) is 4.90 Å². The number of allylic oxidation sites excluding steroid dienone is 4. The van der Waals surface area contributed by atoms with Crippen molar-refractivity contribution in [2.45, 2.75) is 79.6 Å². The van der Waals surface area contributed by atoms with Crippen LogP contribution in [-0.2, 0) is 14.4 Å². The summed E-state index contributed by atoms with van der Waals surface area (Å²) in [5.41, 5.74) is 5.80. The molecule has 0 bridgehead atoms. The minimum absolute atomic E-state index is 0.0980. The van der Waals surface area contributed by atoms with Crippen LogP contribution in [0.15, 0.2) is 65.0 Å². The molecule has 0 saturated carbocycles. The van der Waals surface area contributed by atoms with Crippen LogP contribution in [0.4, 0.5) is 5.69 Å². The van der Waals surface area contributed by atoms with Gasteiger partial charge in [-0.1, -0.05) is 64.4 Å². The van der Waals surface area contributed by atoms with Gasteiger partial charge in [0, 0.05) is 53.5 Å². The molecule has 0 radical (unpaired) electrons. The predicted molar refractivity (Wildman–Crippen MR) is 167 cm³/mol. The highest BCUT2D eigenvalue weighted by Crippen LogP contribution is 2.54. The predicted octanol–water partition coefficient (Wildman–Crippen LogP) is 7.76. The van der Waals surface area contributed by atoms with Crippen LogP contribution in [0.2, 0.25) is 5.02 Å². The zero-order valence-corrected chi connectivity index (χ0v) is 26.3. The smallest absolute Gasteiger partial charge is 0.262 e. The van der Waals surface area contributed by atoms with Gasteiger partial charge in [0.05, 0.1) is 5.02 Å². The molecule has 7 heteroatoms. The Labute approximate surface area is 254 Å². The van der Waals surface area contributed by atoms with E-state index in [1.54, 1.807) is 12.1 Å². The molecule has 3 aliphatic rings. The first-order valence-corrected chi connectivity index (χ1v) is 15.3. The molecule has 0 fully saturated rings. The fourth-order valence-corrected chi connectivity index (χ4v) is 7.00. The van der Waals surface area contributed by atoms with Crippen molar-refractivity contribution in [3.63, 3.8) is 0 Å². The fourth-order valence-electron chi connectivity index (χ4n) is 6.75. The second-order valence-corrected chi connectivity index (χ2v) is 14.0. The number of benzene rings is 2. The summed E-state index contributed by atoms with van der Waals surface area (Å²) < 4.78 is 5.79. The van der Waals surface area contributed by atoms with Gasteiger partial charge in [0.2, 0.25) is 0 Å². The number of nitrogens with zero attached hydrogens (tertiary/aromatic N) is 1. The maximum absolute atomic E-state index is 13.9. The van der Waals surface area contributed by atoms with Crippen LogP contribution in [0.25, 0.3) is 0 Å². The van der Waals surface area contributed by atoms with E-state index in [1.807, 2.05) is 37.3 Å². The van der Waals surface area contributed by atoms with Gasteiger partial charge in [-0.25, -0.2) is 0 Å². The molecular weight excluding hydrogens is 548 g/mol. The molecule has 0 spiro atoms. The minimum atomic E-state index is -0.466. The summed E-state index contributed by atoms with van der Waals surface area (Å²) in [7, 11) is 0. The van der Waals surface area contributed by atoms with Gasteiger partial charge in [-0.2, -0.15) is 0 Å². The number of halogens is 1. The van der Waals surface area contributed by atoms with Gasteiger partial charge >= 0.3 is 0 Å². The molecule has 0 unspecified atom stereocenters. The standard InChI is InChI=1S/C35H41ClN2O4/c1-7-13-38-25-16-34(3,4)18-27(39)32(25)31(33-26(38)17-35(5,6)19-28(33)40)22-11-12-29(24(36)15-22)42-20-30(41)37-23-10-8-9-21(2)14-23/h8-12,14-15,31H,7,13,16-20H2,1-6H3,(H,37,41). The molecule has 1 aliphatic heterocycles. The number of aryl methyl sites for hydroxylation is 1. The lowest BCUT2D eigenvalue weighted by atomic mass is 9.63. The molecule has 222 valence electrons. The number of anilines is 1. The lowest BCUT2D eigenvalue weighted by Crippen LogP contribution is -2.44. The van der Waals surface area contributed by atoms with Crippen molar-refractivity contribution in [3.8, 4) is 5.75 Å². The number of carbonyl (C=O) groups is 3. The highest BCUT2D eigenvalue weighted by Gasteiger charge is 2.48. The monoisotopic (exact) mass is 588 g/mol. The second kappa shape index (κ2) is 11.4. The van der Waals surface area contributed by atoms with Crippen LogP contribution < -0.4 is 10.1 Å². The van der Waals surface area contributed by atoms with Crippen LogP contribution in [0.3, 0.4) is 0 Å². The Morgan fingerprint density at radius 1 is 0.952 bits per heavy atom.